The Labute approximate surface area is 103 Å². The lowest BCUT2D eigenvalue weighted by Gasteiger charge is -2.31. The van der Waals surface area contributed by atoms with E-state index in [1.54, 1.807) is 11.2 Å². The van der Waals surface area contributed by atoms with Crippen molar-refractivity contribution in [3.05, 3.63) is 0 Å². The van der Waals surface area contributed by atoms with Gasteiger partial charge in [0.15, 0.2) is 12.4 Å². The molecule has 18 heavy (non-hydrogen) atoms. The van der Waals surface area contributed by atoms with Crippen LogP contribution < -0.4 is 5.73 Å². The van der Waals surface area contributed by atoms with Gasteiger partial charge in [-0.25, -0.2) is 9.98 Å². The number of hydrogen-bond acceptors (Lipinski definition) is 8. The maximum absolute atomic E-state index is 9.95. The highest BCUT2D eigenvalue weighted by Gasteiger charge is 2.44. The van der Waals surface area contributed by atoms with E-state index in [9.17, 15) is 5.11 Å². The molecule has 8 nitrogen and oxygen atoms in total. The van der Waals surface area contributed by atoms with Gasteiger partial charge in [-0.15, -0.1) is 0 Å². The Balaban J connectivity index is 1.77. The summed E-state index contributed by atoms with van der Waals surface area (Å²) in [6.07, 6.45) is 1.47. The van der Waals surface area contributed by atoms with Crippen molar-refractivity contribution in [2.45, 2.75) is 37.1 Å². The van der Waals surface area contributed by atoms with Gasteiger partial charge in [-0.05, 0) is 0 Å². The molecule has 1 saturated heterocycles. The van der Waals surface area contributed by atoms with E-state index in [2.05, 4.69) is 15.0 Å². The molecule has 4 N–H and O–H groups in total. The number of aliphatic hydroxyl groups excluding tert-OH is 2. The molecule has 8 heteroatoms. The summed E-state index contributed by atoms with van der Waals surface area (Å²) >= 11 is 0. The molecule has 1 fully saturated rings. The van der Waals surface area contributed by atoms with Crippen LogP contribution in [0.2, 0.25) is 0 Å². The first-order valence-electron chi connectivity index (χ1n) is 5.80. The summed E-state index contributed by atoms with van der Waals surface area (Å²) in [4.78, 5) is 14.1. The molecule has 5 atom stereocenters. The summed E-state index contributed by atoms with van der Waals surface area (Å²) in [5.41, 5.74) is 5.74. The lowest BCUT2D eigenvalue weighted by Crippen LogP contribution is -2.50. The van der Waals surface area contributed by atoms with Crippen molar-refractivity contribution in [1.82, 2.24) is 4.90 Å². The Bertz CT molecular complexity index is 424. The zero-order valence-electron chi connectivity index (χ0n) is 9.62. The van der Waals surface area contributed by atoms with Crippen molar-refractivity contribution in [2.24, 2.45) is 20.7 Å². The van der Waals surface area contributed by atoms with Gasteiger partial charge in [-0.2, -0.15) is 0 Å². The van der Waals surface area contributed by atoms with E-state index in [1.165, 1.54) is 6.34 Å². The zero-order chi connectivity index (χ0) is 12.7. The van der Waals surface area contributed by atoms with Gasteiger partial charge in [0.1, 0.15) is 24.3 Å². The minimum Gasteiger partial charge on any atom is -0.394 e. The van der Waals surface area contributed by atoms with Crippen molar-refractivity contribution in [3.8, 4) is 0 Å². The maximum atomic E-state index is 9.95. The molecule has 0 aromatic heterocycles. The molecular weight excluding hydrogens is 238 g/mol. The van der Waals surface area contributed by atoms with Crippen molar-refractivity contribution in [2.75, 3.05) is 6.61 Å². The molecule has 3 aliphatic heterocycles. The second-order valence-corrected chi connectivity index (χ2v) is 4.52. The number of nitrogens with zero attached hydrogens (tertiary/aromatic N) is 4. The quantitative estimate of drug-likeness (QED) is 0.521. The molecule has 3 heterocycles. The van der Waals surface area contributed by atoms with Gasteiger partial charge in [0.2, 0.25) is 0 Å². The monoisotopic (exact) mass is 253 g/mol. The number of fused-ring (bicyclic) bond motifs is 1. The van der Waals surface area contributed by atoms with E-state index in [1.807, 2.05) is 0 Å². The van der Waals surface area contributed by atoms with Crippen LogP contribution in [-0.4, -0.2) is 70.9 Å². The highest BCUT2D eigenvalue weighted by molar-refractivity contribution is 5.96. The minimum atomic E-state index is -0.678. The minimum absolute atomic E-state index is 0.112. The van der Waals surface area contributed by atoms with Crippen molar-refractivity contribution in [3.63, 3.8) is 0 Å². The molecule has 0 spiro atoms. The van der Waals surface area contributed by atoms with Crippen molar-refractivity contribution in [1.29, 1.82) is 0 Å². The molecule has 0 aromatic rings. The predicted octanol–water partition coefficient (Wildman–Crippen LogP) is -2.11. The largest absolute Gasteiger partial charge is 0.394 e. The summed E-state index contributed by atoms with van der Waals surface area (Å²) in [7, 11) is 0. The molecule has 2 unspecified atom stereocenters. The van der Waals surface area contributed by atoms with Crippen LogP contribution in [0, 0.1) is 0 Å². The van der Waals surface area contributed by atoms with Gasteiger partial charge in [0.05, 0.1) is 19.0 Å². The molecule has 0 radical (unpaired) electrons. The van der Waals surface area contributed by atoms with Crippen LogP contribution in [0.3, 0.4) is 0 Å². The van der Waals surface area contributed by atoms with E-state index < -0.39 is 12.3 Å². The number of ether oxygens (including phenoxy) is 1. The fourth-order valence-electron chi connectivity index (χ4n) is 2.42. The second kappa shape index (κ2) is 4.30. The van der Waals surface area contributed by atoms with Gasteiger partial charge in [0, 0.05) is 6.42 Å². The van der Waals surface area contributed by atoms with Crippen molar-refractivity contribution >= 4 is 18.5 Å². The number of hydrogen-bond donors (Lipinski definition) is 3. The first-order chi connectivity index (χ1) is 8.70. The third-order valence-corrected chi connectivity index (χ3v) is 3.34. The second-order valence-electron chi connectivity index (χ2n) is 4.52. The summed E-state index contributed by atoms with van der Waals surface area (Å²) in [6.45, 7) is -0.112. The number of aliphatic imine (C=N–C) groups is 3. The summed E-state index contributed by atoms with van der Waals surface area (Å²) < 4.78 is 5.57. The SMILES string of the molecule is NC1=NC=NC2C1N=CN2[C@@H]1O[C@H](CO)C[C@H]1O. The lowest BCUT2D eigenvalue weighted by molar-refractivity contribution is -0.0772. The number of rotatable bonds is 2. The summed E-state index contributed by atoms with van der Waals surface area (Å²) in [6, 6.07) is -0.320. The van der Waals surface area contributed by atoms with Crippen LogP contribution in [-0.2, 0) is 4.74 Å². The van der Waals surface area contributed by atoms with Gasteiger partial charge in [0.25, 0.3) is 0 Å². The highest BCUT2D eigenvalue weighted by atomic mass is 16.5. The average Bonchev–Trinajstić information content (AvgIpc) is 2.93. The molecular formula is C10H15N5O3. The average molecular weight is 253 g/mol. The van der Waals surface area contributed by atoms with Crippen LogP contribution >= 0.6 is 0 Å². The summed E-state index contributed by atoms with van der Waals surface area (Å²) in [5.74, 6) is 0.403. The molecule has 0 saturated carbocycles. The topological polar surface area (TPSA) is 116 Å². The van der Waals surface area contributed by atoms with Crippen LogP contribution in [0.5, 0.6) is 0 Å². The molecule has 0 amide bonds. The van der Waals surface area contributed by atoms with E-state index in [-0.39, 0.29) is 24.9 Å². The van der Waals surface area contributed by atoms with E-state index in [0.717, 1.165) is 0 Å². The lowest BCUT2D eigenvalue weighted by atomic mass is 10.1. The molecule has 0 bridgehead atoms. The number of amidine groups is 1. The Morgan fingerprint density at radius 1 is 1.50 bits per heavy atom. The van der Waals surface area contributed by atoms with Crippen LogP contribution in [0.1, 0.15) is 6.42 Å². The third kappa shape index (κ3) is 1.69. The van der Waals surface area contributed by atoms with Gasteiger partial charge >= 0.3 is 0 Å². The Morgan fingerprint density at radius 2 is 2.33 bits per heavy atom. The van der Waals surface area contributed by atoms with Gasteiger partial charge in [-0.1, -0.05) is 0 Å². The van der Waals surface area contributed by atoms with Crippen molar-refractivity contribution < 1.29 is 14.9 Å². The van der Waals surface area contributed by atoms with E-state index in [4.69, 9.17) is 15.6 Å². The predicted molar refractivity (Wildman–Crippen MR) is 64.4 cm³/mol. The van der Waals surface area contributed by atoms with Gasteiger partial charge < -0.3 is 25.6 Å². The zero-order valence-corrected chi connectivity index (χ0v) is 9.62. The third-order valence-electron chi connectivity index (χ3n) is 3.34. The first kappa shape index (κ1) is 11.6. The highest BCUT2D eigenvalue weighted by Crippen LogP contribution is 2.28. The number of aliphatic hydroxyl groups is 2. The normalized spacial score (nSPS) is 42.2. The van der Waals surface area contributed by atoms with Crippen LogP contribution in [0.25, 0.3) is 0 Å². The van der Waals surface area contributed by atoms with Crippen LogP contribution in [0.4, 0.5) is 0 Å². The molecule has 3 aliphatic rings. The molecule has 3 rings (SSSR count). The fraction of sp³-hybridized carbons (Fsp3) is 0.700. The molecule has 0 aromatic carbocycles. The van der Waals surface area contributed by atoms with Crippen LogP contribution in [0.15, 0.2) is 15.0 Å². The summed E-state index contributed by atoms with van der Waals surface area (Å²) in [5, 5.41) is 19.0. The fourth-order valence-corrected chi connectivity index (χ4v) is 2.42. The Kier molecular flexibility index (Phi) is 2.77. The standard InChI is InChI=1S/C10H15N5O3/c11-8-7-9(13-3-12-8)15(4-14-7)10-6(17)1-5(2-16)18-10/h3-7,9-10,16-17H,1-2H2,(H2,11,12,13)/t5-,6+,7?,9?,10+/m0/s1. The number of nitrogens with two attached hydrogens (primary N) is 1. The van der Waals surface area contributed by atoms with Gasteiger partial charge in [-0.3, -0.25) is 4.99 Å². The molecule has 98 valence electrons. The molecule has 0 aliphatic carbocycles. The maximum Gasteiger partial charge on any atom is 0.159 e. The van der Waals surface area contributed by atoms with E-state index in [0.29, 0.717) is 12.3 Å². The Morgan fingerprint density at radius 3 is 3.06 bits per heavy atom. The smallest absolute Gasteiger partial charge is 0.159 e. The first-order valence-corrected chi connectivity index (χ1v) is 5.80. The Hall–Kier alpha value is -1.51. The van der Waals surface area contributed by atoms with E-state index >= 15 is 0 Å².